The van der Waals surface area contributed by atoms with Gasteiger partial charge in [0.2, 0.25) is 5.91 Å². The summed E-state index contributed by atoms with van der Waals surface area (Å²) in [7, 11) is -1.81. The molecule has 1 amide bonds. The van der Waals surface area contributed by atoms with Crippen LogP contribution in [-0.4, -0.2) is 32.0 Å². The lowest BCUT2D eigenvalue weighted by atomic mass is 10.2. The average molecular weight is 352 g/mol. The Bertz CT molecular complexity index is 758. The second-order valence-electron chi connectivity index (χ2n) is 5.26. The van der Waals surface area contributed by atoms with Crippen molar-refractivity contribution in [2.75, 3.05) is 12.8 Å². The summed E-state index contributed by atoms with van der Waals surface area (Å²) in [5.74, 6) is -0.418. The molecular weight excluding hydrogens is 334 g/mol. The lowest BCUT2D eigenvalue weighted by Crippen LogP contribution is -2.28. The molecule has 0 heterocycles. The fourth-order valence-corrected chi connectivity index (χ4v) is 3.47. The average Bonchev–Trinajstić information content (AvgIpc) is 2.54. The number of halogens is 1. The maximum atomic E-state index is 12.2. The topological polar surface area (TPSA) is 54.5 Å². The van der Waals surface area contributed by atoms with E-state index in [1.165, 1.54) is 29.2 Å². The summed E-state index contributed by atoms with van der Waals surface area (Å²) in [5.41, 5.74) is 1.00. The molecule has 6 heteroatoms. The fourth-order valence-electron chi connectivity index (χ4n) is 2.12. The van der Waals surface area contributed by atoms with Gasteiger partial charge in [0, 0.05) is 25.0 Å². The summed E-state index contributed by atoms with van der Waals surface area (Å²) in [6, 6.07) is 15.5. The fraction of sp³-hybridized carbons (Fsp3) is 0.235. The third kappa shape index (κ3) is 5.08. The molecule has 0 aromatic heterocycles. The first-order chi connectivity index (χ1) is 10.9. The Morgan fingerprint density at radius 3 is 2.26 bits per heavy atom. The quantitative estimate of drug-likeness (QED) is 0.803. The number of benzene rings is 2. The predicted octanol–water partition coefficient (Wildman–Crippen LogP) is 3.16. The van der Waals surface area contributed by atoms with Crippen LogP contribution < -0.4 is 0 Å². The second-order valence-corrected chi connectivity index (χ2v) is 7.80. The van der Waals surface area contributed by atoms with Crippen molar-refractivity contribution in [3.63, 3.8) is 0 Å². The van der Waals surface area contributed by atoms with Crippen LogP contribution >= 0.6 is 11.6 Å². The van der Waals surface area contributed by atoms with Crippen LogP contribution in [0.4, 0.5) is 0 Å². The Morgan fingerprint density at radius 2 is 1.65 bits per heavy atom. The third-order valence-corrected chi connectivity index (χ3v) is 5.43. The SMILES string of the molecule is CN(Cc1ccccc1)C(=O)CCS(=O)(=O)c1ccc(Cl)cc1. The minimum absolute atomic E-state index is 0.0473. The van der Waals surface area contributed by atoms with Crippen LogP contribution in [0.25, 0.3) is 0 Å². The molecule has 0 fully saturated rings. The summed E-state index contributed by atoms with van der Waals surface area (Å²) in [6.45, 7) is 0.459. The Balaban J connectivity index is 1.94. The first-order valence-corrected chi connectivity index (χ1v) is 9.18. The van der Waals surface area contributed by atoms with Crippen molar-refractivity contribution >= 4 is 27.3 Å². The zero-order valence-corrected chi connectivity index (χ0v) is 14.3. The van der Waals surface area contributed by atoms with Gasteiger partial charge in [-0.25, -0.2) is 8.42 Å². The van der Waals surface area contributed by atoms with Gasteiger partial charge in [-0.3, -0.25) is 4.79 Å². The van der Waals surface area contributed by atoms with E-state index in [1.807, 2.05) is 30.3 Å². The largest absolute Gasteiger partial charge is 0.341 e. The summed E-state index contributed by atoms with van der Waals surface area (Å²) >= 11 is 5.75. The van der Waals surface area contributed by atoms with Gasteiger partial charge in [-0.2, -0.15) is 0 Å². The molecule has 0 aliphatic rings. The van der Waals surface area contributed by atoms with E-state index in [0.717, 1.165) is 5.56 Å². The zero-order valence-electron chi connectivity index (χ0n) is 12.8. The number of sulfone groups is 1. The second kappa shape index (κ2) is 7.62. The molecule has 0 saturated carbocycles. The summed E-state index contributed by atoms with van der Waals surface area (Å²) in [4.78, 5) is 13.8. The summed E-state index contributed by atoms with van der Waals surface area (Å²) in [5, 5.41) is 0.475. The molecule has 0 N–H and O–H groups in total. The van der Waals surface area contributed by atoms with E-state index in [1.54, 1.807) is 7.05 Å². The molecule has 0 unspecified atom stereocenters. The lowest BCUT2D eigenvalue weighted by molar-refractivity contribution is -0.130. The normalized spacial score (nSPS) is 11.2. The van der Waals surface area contributed by atoms with E-state index in [0.29, 0.717) is 11.6 Å². The van der Waals surface area contributed by atoms with Gasteiger partial charge in [-0.1, -0.05) is 41.9 Å². The van der Waals surface area contributed by atoms with Crippen LogP contribution in [-0.2, 0) is 21.2 Å². The van der Waals surface area contributed by atoms with E-state index >= 15 is 0 Å². The molecule has 0 radical (unpaired) electrons. The molecule has 4 nitrogen and oxygen atoms in total. The van der Waals surface area contributed by atoms with Crippen LogP contribution in [0.5, 0.6) is 0 Å². The first kappa shape index (κ1) is 17.5. The highest BCUT2D eigenvalue weighted by Crippen LogP contribution is 2.16. The van der Waals surface area contributed by atoms with Gasteiger partial charge in [0.15, 0.2) is 9.84 Å². The molecule has 0 aliphatic carbocycles. The van der Waals surface area contributed by atoms with Gasteiger partial charge in [0.05, 0.1) is 10.6 Å². The van der Waals surface area contributed by atoms with Crippen LogP contribution in [0, 0.1) is 0 Å². The molecule has 23 heavy (non-hydrogen) atoms. The number of hydrogen-bond acceptors (Lipinski definition) is 3. The smallest absolute Gasteiger partial charge is 0.223 e. The lowest BCUT2D eigenvalue weighted by Gasteiger charge is -2.17. The van der Waals surface area contributed by atoms with Crippen molar-refractivity contribution < 1.29 is 13.2 Å². The highest BCUT2D eigenvalue weighted by Gasteiger charge is 2.18. The summed E-state index contributed by atoms with van der Waals surface area (Å²) < 4.78 is 24.4. The standard InChI is InChI=1S/C17H18ClNO3S/c1-19(13-14-5-3-2-4-6-14)17(20)11-12-23(21,22)16-9-7-15(18)8-10-16/h2-10H,11-13H2,1H3. The predicted molar refractivity (Wildman–Crippen MR) is 91.0 cm³/mol. The molecule has 122 valence electrons. The summed E-state index contributed by atoms with van der Waals surface area (Å²) in [6.07, 6.45) is -0.0473. The first-order valence-electron chi connectivity index (χ1n) is 7.15. The molecule has 2 aromatic rings. The van der Waals surface area contributed by atoms with E-state index in [-0.39, 0.29) is 23.0 Å². The maximum absolute atomic E-state index is 12.2. The maximum Gasteiger partial charge on any atom is 0.223 e. The van der Waals surface area contributed by atoms with Gasteiger partial charge in [0.25, 0.3) is 0 Å². The Hall–Kier alpha value is -1.85. The zero-order chi connectivity index (χ0) is 16.9. The number of hydrogen-bond donors (Lipinski definition) is 0. The van der Waals surface area contributed by atoms with Gasteiger partial charge in [-0.05, 0) is 29.8 Å². The Labute approximate surface area is 141 Å². The van der Waals surface area contributed by atoms with Gasteiger partial charge in [-0.15, -0.1) is 0 Å². The van der Waals surface area contributed by atoms with Crippen LogP contribution in [0.2, 0.25) is 5.02 Å². The van der Waals surface area contributed by atoms with Crippen LogP contribution in [0.15, 0.2) is 59.5 Å². The Kier molecular flexibility index (Phi) is 5.80. The number of carbonyl (C=O) groups is 1. The number of amides is 1. The van der Waals surface area contributed by atoms with Crippen molar-refractivity contribution in [3.05, 3.63) is 65.2 Å². The molecule has 0 aliphatic heterocycles. The van der Waals surface area contributed by atoms with Crippen molar-refractivity contribution in [1.82, 2.24) is 4.90 Å². The highest BCUT2D eigenvalue weighted by molar-refractivity contribution is 7.91. The number of nitrogens with zero attached hydrogens (tertiary/aromatic N) is 1. The van der Waals surface area contributed by atoms with Crippen LogP contribution in [0.1, 0.15) is 12.0 Å². The minimum Gasteiger partial charge on any atom is -0.341 e. The van der Waals surface area contributed by atoms with E-state index < -0.39 is 9.84 Å². The number of carbonyl (C=O) groups excluding carboxylic acids is 1. The minimum atomic E-state index is -3.48. The van der Waals surface area contributed by atoms with Crippen molar-refractivity contribution in [2.45, 2.75) is 17.9 Å². The van der Waals surface area contributed by atoms with E-state index in [9.17, 15) is 13.2 Å². The molecule has 0 bridgehead atoms. The molecule has 2 rings (SSSR count). The Morgan fingerprint density at radius 1 is 1.04 bits per heavy atom. The van der Waals surface area contributed by atoms with Crippen molar-refractivity contribution in [3.8, 4) is 0 Å². The van der Waals surface area contributed by atoms with Gasteiger partial charge < -0.3 is 4.90 Å². The molecule has 0 spiro atoms. The number of rotatable bonds is 6. The molecule has 2 aromatic carbocycles. The highest BCUT2D eigenvalue weighted by atomic mass is 35.5. The van der Waals surface area contributed by atoms with Crippen molar-refractivity contribution in [2.24, 2.45) is 0 Å². The molecule has 0 saturated heterocycles. The van der Waals surface area contributed by atoms with E-state index in [4.69, 9.17) is 11.6 Å². The van der Waals surface area contributed by atoms with Crippen LogP contribution in [0.3, 0.4) is 0 Å². The monoisotopic (exact) mass is 351 g/mol. The van der Waals surface area contributed by atoms with Gasteiger partial charge in [0.1, 0.15) is 0 Å². The van der Waals surface area contributed by atoms with Gasteiger partial charge >= 0.3 is 0 Å². The molecule has 0 atom stereocenters. The molecular formula is C17H18ClNO3S. The van der Waals surface area contributed by atoms with E-state index in [2.05, 4.69) is 0 Å². The van der Waals surface area contributed by atoms with Crippen molar-refractivity contribution in [1.29, 1.82) is 0 Å². The third-order valence-electron chi connectivity index (χ3n) is 3.45.